The molecule has 0 aliphatic carbocycles. The van der Waals surface area contributed by atoms with E-state index >= 15 is 0 Å². The Kier molecular flexibility index (Phi) is 12.2. The fraction of sp³-hybridized carbons (Fsp3) is 0. The van der Waals surface area contributed by atoms with E-state index in [1.54, 1.807) is 0 Å². The van der Waals surface area contributed by atoms with Gasteiger partial charge in [-0.05, 0) is 66.4 Å². The second-order valence-electron chi connectivity index (χ2n) is 11.9. The topological polar surface area (TPSA) is 12.0 Å². The zero-order valence-electron chi connectivity index (χ0n) is 28.6. The minimum atomic E-state index is 1.02. The standard InChI is InChI=1S/C38H29N.2C6H6/c1-28-12-8-10-18-35(28)36-19-11-9-17-33(36)27-39-34-24-25-37(38(26-34)31-15-6-3-7-16-31)32-22-20-30(21-23-32)29-13-4-2-5-14-29;2*1-2-4-6-5-3-1/h2-27,39H,1H2;2*1-6H/b33-27+,36-35-;;. The molecule has 0 fully saturated rings. The van der Waals surface area contributed by atoms with Gasteiger partial charge in [0.05, 0.1) is 0 Å². The molecule has 0 bridgehead atoms. The number of nitrogens with one attached hydrogen (secondary N) is 1. The minimum absolute atomic E-state index is 1.02. The van der Waals surface area contributed by atoms with Gasteiger partial charge in [0.1, 0.15) is 0 Å². The summed E-state index contributed by atoms with van der Waals surface area (Å²) in [5, 5.41) is 8.01. The Morgan fingerprint density at radius 2 is 0.745 bits per heavy atom. The zero-order valence-corrected chi connectivity index (χ0v) is 28.6. The molecular formula is C50H41N. The lowest BCUT2D eigenvalue weighted by molar-refractivity contribution is 1.40. The third-order valence-electron chi connectivity index (χ3n) is 8.40. The molecule has 1 N–H and O–H groups in total. The Hall–Kier alpha value is -6.70. The molecule has 0 amide bonds. The van der Waals surface area contributed by atoms with E-state index in [-0.39, 0.29) is 0 Å². The number of benzene rings is 8. The summed E-state index contributed by atoms with van der Waals surface area (Å²) in [6.45, 7) is 4.23. The minimum Gasteiger partial charge on any atom is -0.361 e. The van der Waals surface area contributed by atoms with Gasteiger partial charge in [0.2, 0.25) is 0 Å². The molecule has 246 valence electrons. The summed E-state index contributed by atoms with van der Waals surface area (Å²) >= 11 is 0. The van der Waals surface area contributed by atoms with Crippen molar-refractivity contribution in [2.45, 2.75) is 0 Å². The Morgan fingerprint density at radius 3 is 1.31 bits per heavy atom. The van der Waals surface area contributed by atoms with Crippen LogP contribution in [-0.2, 0) is 0 Å². The second kappa shape index (κ2) is 18.2. The van der Waals surface area contributed by atoms with Crippen molar-refractivity contribution in [3.8, 4) is 33.4 Å². The average Bonchev–Trinajstić information content (AvgIpc) is 3.23. The number of hydrogen-bond donors (Lipinski definition) is 1. The average molecular weight is 656 g/mol. The summed E-state index contributed by atoms with van der Waals surface area (Å²) in [5.41, 5.74) is 8.27. The van der Waals surface area contributed by atoms with Gasteiger partial charge in [0.15, 0.2) is 0 Å². The van der Waals surface area contributed by atoms with Crippen LogP contribution in [0.2, 0.25) is 0 Å². The predicted octanol–water partition coefficient (Wildman–Crippen LogP) is 11.6. The van der Waals surface area contributed by atoms with Gasteiger partial charge in [-0.1, -0.05) is 219 Å². The molecule has 8 aromatic carbocycles. The zero-order chi connectivity index (χ0) is 34.9. The smallest absolute Gasteiger partial charge is 0.0386 e. The van der Waals surface area contributed by atoms with E-state index in [2.05, 4.69) is 164 Å². The predicted molar refractivity (Wildman–Crippen MR) is 219 cm³/mol. The molecule has 8 aromatic rings. The Balaban J connectivity index is 0.000000315. The molecule has 0 aliphatic heterocycles. The van der Waals surface area contributed by atoms with E-state index in [1.807, 2.05) is 78.9 Å². The van der Waals surface area contributed by atoms with Gasteiger partial charge >= 0.3 is 0 Å². The highest BCUT2D eigenvalue weighted by molar-refractivity contribution is 5.87. The van der Waals surface area contributed by atoms with Crippen LogP contribution in [-0.4, -0.2) is 0 Å². The molecule has 1 heteroatoms. The van der Waals surface area contributed by atoms with E-state index < -0.39 is 0 Å². The summed E-state index contributed by atoms with van der Waals surface area (Å²) in [7, 11) is 0. The summed E-state index contributed by atoms with van der Waals surface area (Å²) in [6, 6.07) is 77.2. The maximum Gasteiger partial charge on any atom is 0.0386 e. The number of rotatable bonds is 5. The molecule has 0 spiro atoms. The first kappa shape index (κ1) is 34.2. The Morgan fingerprint density at radius 1 is 0.333 bits per heavy atom. The van der Waals surface area contributed by atoms with Gasteiger partial charge in [-0.25, -0.2) is 0 Å². The molecule has 0 unspecified atom stereocenters. The monoisotopic (exact) mass is 655 g/mol. The van der Waals surface area contributed by atoms with E-state index in [0.717, 1.165) is 26.6 Å². The highest BCUT2D eigenvalue weighted by Crippen LogP contribution is 2.35. The molecule has 0 heterocycles. The quantitative estimate of drug-likeness (QED) is 0.195. The first-order chi connectivity index (χ1) is 25.3. The summed E-state index contributed by atoms with van der Waals surface area (Å²) < 4.78 is 0. The molecule has 0 saturated heterocycles. The fourth-order valence-electron chi connectivity index (χ4n) is 5.80. The van der Waals surface area contributed by atoms with Crippen molar-refractivity contribution in [1.82, 2.24) is 0 Å². The van der Waals surface area contributed by atoms with Crippen LogP contribution < -0.4 is 15.8 Å². The lowest BCUT2D eigenvalue weighted by Crippen LogP contribution is -2.10. The Labute approximate surface area is 301 Å². The summed E-state index contributed by atoms with van der Waals surface area (Å²) in [4.78, 5) is 0. The van der Waals surface area contributed by atoms with Crippen molar-refractivity contribution >= 4 is 18.5 Å². The molecule has 0 atom stereocenters. The highest BCUT2D eigenvalue weighted by Gasteiger charge is 2.09. The van der Waals surface area contributed by atoms with E-state index in [1.165, 1.54) is 33.4 Å². The Bertz CT molecular complexity index is 2340. The first-order valence-electron chi connectivity index (χ1n) is 17.2. The van der Waals surface area contributed by atoms with Crippen LogP contribution in [0.25, 0.3) is 46.2 Å². The van der Waals surface area contributed by atoms with Crippen molar-refractivity contribution in [3.05, 3.63) is 245 Å². The molecule has 0 aromatic heterocycles. The van der Waals surface area contributed by atoms with Crippen molar-refractivity contribution in [1.29, 1.82) is 0 Å². The third kappa shape index (κ3) is 9.69. The first-order valence-corrected chi connectivity index (χ1v) is 17.2. The highest BCUT2D eigenvalue weighted by atomic mass is 14.8. The van der Waals surface area contributed by atoms with Crippen LogP contribution in [0, 0.1) is 10.4 Å². The maximum absolute atomic E-state index is 4.23. The van der Waals surface area contributed by atoms with E-state index in [9.17, 15) is 0 Å². The molecular weight excluding hydrogens is 615 g/mol. The summed E-state index contributed by atoms with van der Waals surface area (Å²) in [6.07, 6.45) is 2.08. The van der Waals surface area contributed by atoms with Crippen molar-refractivity contribution in [2.24, 2.45) is 0 Å². The summed E-state index contributed by atoms with van der Waals surface area (Å²) in [5.74, 6) is 0. The van der Waals surface area contributed by atoms with Crippen molar-refractivity contribution in [2.75, 3.05) is 5.32 Å². The van der Waals surface area contributed by atoms with Gasteiger partial charge in [0, 0.05) is 11.9 Å². The molecule has 51 heavy (non-hydrogen) atoms. The van der Waals surface area contributed by atoms with Gasteiger partial charge in [-0.15, -0.1) is 0 Å². The maximum atomic E-state index is 4.23. The normalized spacial score (nSPS) is 11.3. The van der Waals surface area contributed by atoms with Crippen LogP contribution in [0.3, 0.4) is 0 Å². The van der Waals surface area contributed by atoms with Crippen LogP contribution in [0.15, 0.2) is 224 Å². The molecule has 0 saturated carbocycles. The van der Waals surface area contributed by atoms with Crippen LogP contribution in [0.5, 0.6) is 0 Å². The molecule has 1 nitrogen and oxygen atoms in total. The SMILES string of the molecule is C=c1cccc/c1=c1\cccc\c1=C/Nc1ccc(-c2ccc(-c3ccccc3)cc2)c(-c2ccccc2)c1.c1ccccc1.c1ccccc1. The largest absolute Gasteiger partial charge is 0.361 e. The second-order valence-corrected chi connectivity index (χ2v) is 11.9. The van der Waals surface area contributed by atoms with Gasteiger partial charge in [0.25, 0.3) is 0 Å². The third-order valence-corrected chi connectivity index (χ3v) is 8.40. The lowest BCUT2D eigenvalue weighted by atomic mass is 9.93. The molecule has 0 aliphatic rings. The number of anilines is 1. The molecule has 8 rings (SSSR count). The number of hydrogen-bond acceptors (Lipinski definition) is 1. The van der Waals surface area contributed by atoms with Gasteiger partial charge in [-0.2, -0.15) is 0 Å². The fourth-order valence-corrected chi connectivity index (χ4v) is 5.80. The van der Waals surface area contributed by atoms with Crippen LogP contribution in [0.4, 0.5) is 5.69 Å². The van der Waals surface area contributed by atoms with Crippen molar-refractivity contribution < 1.29 is 0 Å². The lowest BCUT2D eigenvalue weighted by Gasteiger charge is -2.14. The van der Waals surface area contributed by atoms with E-state index in [4.69, 9.17) is 0 Å². The molecule has 0 radical (unpaired) electrons. The van der Waals surface area contributed by atoms with Gasteiger partial charge in [-0.3, -0.25) is 0 Å². The van der Waals surface area contributed by atoms with Crippen molar-refractivity contribution in [3.63, 3.8) is 0 Å². The van der Waals surface area contributed by atoms with Crippen LogP contribution in [0.1, 0.15) is 0 Å². The van der Waals surface area contributed by atoms with E-state index in [0.29, 0.717) is 0 Å². The van der Waals surface area contributed by atoms with Crippen LogP contribution >= 0.6 is 0 Å². The van der Waals surface area contributed by atoms with Gasteiger partial charge < -0.3 is 5.32 Å².